The first-order valence-electron chi connectivity index (χ1n) is 7.51. The molecule has 0 amide bonds. The van der Waals surface area contributed by atoms with Gasteiger partial charge in [0.2, 0.25) is 10.0 Å². The number of hydrogen-bond donors (Lipinski definition) is 3. The molecule has 0 aliphatic rings. The molecule has 1 unspecified atom stereocenters. The Morgan fingerprint density at radius 3 is 2.42 bits per heavy atom. The van der Waals surface area contributed by atoms with Crippen molar-refractivity contribution in [2.24, 2.45) is 0 Å². The number of halogens is 1. The molecule has 2 aromatic rings. The molecule has 0 heterocycles. The number of nitrogens with one attached hydrogen (secondary N) is 2. The first kappa shape index (κ1) is 18.4. The van der Waals surface area contributed by atoms with Gasteiger partial charge < -0.3 is 10.4 Å². The lowest BCUT2D eigenvalue weighted by Crippen LogP contribution is -2.24. The summed E-state index contributed by atoms with van der Waals surface area (Å²) in [6.07, 6.45) is 0.368. The largest absolute Gasteiger partial charge is 0.385 e. The second-order valence-corrected chi connectivity index (χ2v) is 7.55. The highest BCUT2D eigenvalue weighted by Crippen LogP contribution is 2.25. The third-order valence-corrected chi connectivity index (χ3v) is 5.25. The van der Waals surface area contributed by atoms with Gasteiger partial charge in [0, 0.05) is 6.54 Å². The summed E-state index contributed by atoms with van der Waals surface area (Å²) >= 11 is 0. The Balaban J connectivity index is 2.03. The van der Waals surface area contributed by atoms with E-state index in [9.17, 15) is 17.9 Å². The van der Waals surface area contributed by atoms with Crippen molar-refractivity contribution in [2.75, 3.05) is 18.9 Å². The minimum atomic E-state index is -3.68. The van der Waals surface area contributed by atoms with Crippen LogP contribution in [0.4, 0.5) is 10.1 Å². The summed E-state index contributed by atoms with van der Waals surface area (Å²) < 4.78 is 39.5. The van der Waals surface area contributed by atoms with Crippen LogP contribution in [0.3, 0.4) is 0 Å². The van der Waals surface area contributed by atoms with E-state index < -0.39 is 21.4 Å². The number of hydrogen-bond acceptors (Lipinski definition) is 4. The van der Waals surface area contributed by atoms with E-state index in [1.165, 1.54) is 19.2 Å². The molecular formula is C17H21FN2O3S. The zero-order chi connectivity index (χ0) is 17.8. The highest BCUT2D eigenvalue weighted by Gasteiger charge is 2.22. The van der Waals surface area contributed by atoms with Crippen molar-refractivity contribution in [2.45, 2.75) is 23.8 Å². The van der Waals surface area contributed by atoms with E-state index in [0.717, 1.165) is 11.6 Å². The first-order valence-corrected chi connectivity index (χ1v) is 8.99. The first-order chi connectivity index (χ1) is 11.3. The van der Waals surface area contributed by atoms with Gasteiger partial charge in [0.1, 0.15) is 5.82 Å². The Labute approximate surface area is 141 Å². The Hall–Kier alpha value is -1.96. The van der Waals surface area contributed by atoms with Crippen LogP contribution in [0, 0.1) is 5.82 Å². The van der Waals surface area contributed by atoms with E-state index in [2.05, 4.69) is 10.0 Å². The summed E-state index contributed by atoms with van der Waals surface area (Å²) in [6, 6.07) is 12.9. The summed E-state index contributed by atoms with van der Waals surface area (Å²) in [5.74, 6) is -0.661. The van der Waals surface area contributed by atoms with E-state index in [1.54, 1.807) is 6.92 Å². The van der Waals surface area contributed by atoms with Gasteiger partial charge in [0.15, 0.2) is 0 Å². The second kappa shape index (κ2) is 7.29. The molecule has 130 valence electrons. The van der Waals surface area contributed by atoms with Crippen LogP contribution in [0.15, 0.2) is 53.4 Å². The predicted molar refractivity (Wildman–Crippen MR) is 91.8 cm³/mol. The standard InChI is InChI=1S/C17H21FN2O3S/c1-17(21,13-6-4-3-5-7-13)10-11-20-16-9-8-14(12-15(16)18)24(22,23)19-2/h3-9,12,19-21H,10-11H2,1-2H3. The molecule has 1 atom stereocenters. The summed E-state index contributed by atoms with van der Waals surface area (Å²) in [6.45, 7) is 2.03. The summed E-state index contributed by atoms with van der Waals surface area (Å²) in [7, 11) is -2.41. The smallest absolute Gasteiger partial charge is 0.240 e. The maximum atomic E-state index is 14.0. The molecule has 2 rings (SSSR count). The van der Waals surface area contributed by atoms with Crippen molar-refractivity contribution in [1.29, 1.82) is 0 Å². The van der Waals surface area contributed by atoms with Gasteiger partial charge in [0.25, 0.3) is 0 Å². The number of anilines is 1. The zero-order valence-corrected chi connectivity index (χ0v) is 14.4. The lowest BCUT2D eigenvalue weighted by Gasteiger charge is -2.24. The van der Waals surface area contributed by atoms with Crippen molar-refractivity contribution in [3.05, 3.63) is 59.9 Å². The Morgan fingerprint density at radius 2 is 1.83 bits per heavy atom. The van der Waals surface area contributed by atoms with Crippen LogP contribution < -0.4 is 10.0 Å². The van der Waals surface area contributed by atoms with Crippen molar-refractivity contribution in [3.8, 4) is 0 Å². The SMILES string of the molecule is CNS(=O)(=O)c1ccc(NCCC(C)(O)c2ccccc2)c(F)c1. The van der Waals surface area contributed by atoms with Crippen LogP contribution in [-0.4, -0.2) is 27.1 Å². The minimum Gasteiger partial charge on any atom is -0.385 e. The molecule has 24 heavy (non-hydrogen) atoms. The van der Waals surface area contributed by atoms with Crippen LogP contribution in [0.2, 0.25) is 0 Å². The van der Waals surface area contributed by atoms with Crippen molar-refractivity contribution in [3.63, 3.8) is 0 Å². The minimum absolute atomic E-state index is 0.135. The predicted octanol–water partition coefficient (Wildman–Crippen LogP) is 2.44. The fraction of sp³-hybridized carbons (Fsp3) is 0.294. The fourth-order valence-corrected chi connectivity index (χ4v) is 3.05. The van der Waals surface area contributed by atoms with Gasteiger partial charge in [-0.05, 0) is 44.2 Å². The van der Waals surface area contributed by atoms with Gasteiger partial charge in [0.05, 0.1) is 16.2 Å². The second-order valence-electron chi connectivity index (χ2n) is 5.67. The van der Waals surface area contributed by atoms with Gasteiger partial charge in [-0.3, -0.25) is 0 Å². The molecule has 0 radical (unpaired) electrons. The van der Waals surface area contributed by atoms with Gasteiger partial charge in [-0.15, -0.1) is 0 Å². The zero-order valence-electron chi connectivity index (χ0n) is 13.6. The quantitative estimate of drug-likeness (QED) is 0.715. The number of rotatable bonds is 7. The molecule has 0 aliphatic heterocycles. The van der Waals surface area contributed by atoms with E-state index in [-0.39, 0.29) is 10.6 Å². The molecule has 5 nitrogen and oxygen atoms in total. The van der Waals surface area contributed by atoms with Crippen molar-refractivity contribution in [1.82, 2.24) is 4.72 Å². The topological polar surface area (TPSA) is 78.4 Å². The molecule has 0 saturated carbocycles. The van der Waals surface area contributed by atoms with Crippen LogP contribution in [0.1, 0.15) is 18.9 Å². The average molecular weight is 352 g/mol. The van der Waals surface area contributed by atoms with E-state index in [4.69, 9.17) is 0 Å². The van der Waals surface area contributed by atoms with Crippen LogP contribution >= 0.6 is 0 Å². The van der Waals surface area contributed by atoms with E-state index in [0.29, 0.717) is 13.0 Å². The molecule has 0 spiro atoms. The highest BCUT2D eigenvalue weighted by molar-refractivity contribution is 7.89. The van der Waals surface area contributed by atoms with Crippen molar-refractivity contribution < 1.29 is 17.9 Å². The van der Waals surface area contributed by atoms with Crippen LogP contribution in [0.5, 0.6) is 0 Å². The lowest BCUT2D eigenvalue weighted by molar-refractivity contribution is 0.0515. The van der Waals surface area contributed by atoms with Crippen LogP contribution in [-0.2, 0) is 15.6 Å². The Kier molecular flexibility index (Phi) is 5.58. The van der Waals surface area contributed by atoms with Gasteiger partial charge in [-0.25, -0.2) is 17.5 Å². The fourth-order valence-electron chi connectivity index (χ4n) is 2.31. The molecule has 3 N–H and O–H groups in total. The average Bonchev–Trinajstić information content (AvgIpc) is 2.57. The van der Waals surface area contributed by atoms with Gasteiger partial charge in [-0.1, -0.05) is 30.3 Å². The van der Waals surface area contributed by atoms with Gasteiger partial charge >= 0.3 is 0 Å². The monoisotopic (exact) mass is 352 g/mol. The molecule has 7 heteroatoms. The van der Waals surface area contributed by atoms with Gasteiger partial charge in [-0.2, -0.15) is 0 Å². The third-order valence-electron chi connectivity index (χ3n) is 3.84. The molecule has 0 bridgehead atoms. The number of sulfonamides is 1. The molecule has 0 fully saturated rings. The van der Waals surface area contributed by atoms with Crippen molar-refractivity contribution >= 4 is 15.7 Å². The normalized spacial score (nSPS) is 14.2. The lowest BCUT2D eigenvalue weighted by atomic mass is 9.92. The maximum Gasteiger partial charge on any atom is 0.240 e. The Bertz CT molecular complexity index is 793. The highest BCUT2D eigenvalue weighted by atomic mass is 32.2. The molecule has 2 aromatic carbocycles. The molecule has 0 aromatic heterocycles. The Morgan fingerprint density at radius 1 is 1.17 bits per heavy atom. The molecule has 0 saturated heterocycles. The maximum absolute atomic E-state index is 14.0. The summed E-state index contributed by atoms with van der Waals surface area (Å²) in [5.41, 5.74) is -0.0724. The third kappa shape index (κ3) is 4.31. The summed E-state index contributed by atoms with van der Waals surface area (Å²) in [4.78, 5) is -0.135. The summed E-state index contributed by atoms with van der Waals surface area (Å²) in [5, 5.41) is 13.4. The molecular weight excluding hydrogens is 331 g/mol. The van der Waals surface area contributed by atoms with Crippen LogP contribution in [0.25, 0.3) is 0 Å². The number of aliphatic hydroxyl groups is 1. The number of benzene rings is 2. The van der Waals surface area contributed by atoms with E-state index >= 15 is 0 Å². The molecule has 0 aliphatic carbocycles. The van der Waals surface area contributed by atoms with E-state index in [1.807, 2.05) is 30.3 Å².